The Balaban J connectivity index is 1.87. The number of benzene rings is 1. The molecule has 5 nitrogen and oxygen atoms in total. The van der Waals surface area contributed by atoms with Crippen molar-refractivity contribution in [2.45, 2.75) is 20.4 Å². The van der Waals surface area contributed by atoms with E-state index in [-0.39, 0.29) is 12.5 Å². The molecular formula is C14H17N3O2. The van der Waals surface area contributed by atoms with Crippen molar-refractivity contribution >= 4 is 16.9 Å². The zero-order valence-electron chi connectivity index (χ0n) is 11.2. The minimum atomic E-state index is 0.0269. The summed E-state index contributed by atoms with van der Waals surface area (Å²) in [7, 11) is 0. The molecule has 1 aliphatic heterocycles. The molecule has 1 N–H and O–H groups in total. The molecule has 5 heteroatoms. The number of aromatic nitrogens is 2. The first-order valence-electron chi connectivity index (χ1n) is 6.45. The number of morpholine rings is 1. The van der Waals surface area contributed by atoms with Gasteiger partial charge in [-0.3, -0.25) is 4.79 Å². The van der Waals surface area contributed by atoms with E-state index in [1.54, 1.807) is 4.90 Å². The van der Waals surface area contributed by atoms with Crippen molar-refractivity contribution in [1.29, 1.82) is 0 Å². The van der Waals surface area contributed by atoms with Crippen LogP contribution in [0.4, 0.5) is 0 Å². The number of nitrogens with zero attached hydrogens (tertiary/aromatic N) is 2. The average Bonchev–Trinajstić information content (AvgIpc) is 2.74. The van der Waals surface area contributed by atoms with Crippen LogP contribution in [0.25, 0.3) is 11.0 Å². The van der Waals surface area contributed by atoms with E-state index in [2.05, 4.69) is 35.9 Å². The van der Waals surface area contributed by atoms with Gasteiger partial charge >= 0.3 is 0 Å². The molecule has 0 radical (unpaired) electrons. The van der Waals surface area contributed by atoms with Crippen molar-refractivity contribution in [3.8, 4) is 0 Å². The predicted octanol–water partition coefficient (Wildman–Crippen LogP) is 1.54. The number of carbonyl (C=O) groups is 1. The topological polar surface area (TPSA) is 58.2 Å². The molecule has 1 amide bonds. The lowest BCUT2D eigenvalue weighted by Gasteiger charge is -2.25. The summed E-state index contributed by atoms with van der Waals surface area (Å²) in [6.07, 6.45) is 0. The lowest BCUT2D eigenvalue weighted by Crippen LogP contribution is -2.41. The van der Waals surface area contributed by atoms with Crippen LogP contribution in [0.1, 0.15) is 17.0 Å². The second-order valence-corrected chi connectivity index (χ2v) is 5.00. The van der Waals surface area contributed by atoms with Gasteiger partial charge in [-0.2, -0.15) is 0 Å². The summed E-state index contributed by atoms with van der Waals surface area (Å²) in [4.78, 5) is 21.3. The van der Waals surface area contributed by atoms with Crippen LogP contribution in [-0.2, 0) is 16.1 Å². The predicted molar refractivity (Wildman–Crippen MR) is 71.8 cm³/mol. The number of imidazole rings is 1. The van der Waals surface area contributed by atoms with Crippen molar-refractivity contribution in [1.82, 2.24) is 14.9 Å². The quantitative estimate of drug-likeness (QED) is 0.890. The maximum atomic E-state index is 11.7. The van der Waals surface area contributed by atoms with Gasteiger partial charge in [0.1, 0.15) is 12.4 Å². The van der Waals surface area contributed by atoms with E-state index in [1.165, 1.54) is 11.1 Å². The van der Waals surface area contributed by atoms with Crippen molar-refractivity contribution < 1.29 is 9.53 Å². The molecule has 0 spiro atoms. The summed E-state index contributed by atoms with van der Waals surface area (Å²) in [6.45, 7) is 6.10. The van der Waals surface area contributed by atoms with E-state index in [1.807, 2.05) is 0 Å². The number of ether oxygens (including phenoxy) is 1. The number of carbonyl (C=O) groups excluding carboxylic acids is 1. The summed E-state index contributed by atoms with van der Waals surface area (Å²) in [6, 6.07) is 4.17. The molecule has 2 heterocycles. The Morgan fingerprint density at radius 1 is 1.37 bits per heavy atom. The zero-order chi connectivity index (χ0) is 13.4. The maximum Gasteiger partial charge on any atom is 0.249 e. The minimum Gasteiger partial charge on any atom is -0.370 e. The highest BCUT2D eigenvalue weighted by Gasteiger charge is 2.19. The van der Waals surface area contributed by atoms with Gasteiger partial charge in [-0.25, -0.2) is 4.98 Å². The van der Waals surface area contributed by atoms with Gasteiger partial charge in [0.15, 0.2) is 0 Å². The standard InChI is InChI=1S/C14H17N3O2/c1-9-5-11-12(6-10(9)2)16-13(15-11)7-17-3-4-19-8-14(17)18/h5-6H,3-4,7-8H2,1-2H3,(H,15,16). The Morgan fingerprint density at radius 3 is 2.95 bits per heavy atom. The minimum absolute atomic E-state index is 0.0269. The van der Waals surface area contributed by atoms with E-state index in [4.69, 9.17) is 4.74 Å². The van der Waals surface area contributed by atoms with Gasteiger partial charge < -0.3 is 14.6 Å². The van der Waals surface area contributed by atoms with Crippen LogP contribution in [0.2, 0.25) is 0 Å². The lowest BCUT2D eigenvalue weighted by atomic mass is 10.1. The van der Waals surface area contributed by atoms with Crippen molar-refractivity contribution in [3.63, 3.8) is 0 Å². The first-order valence-corrected chi connectivity index (χ1v) is 6.45. The smallest absolute Gasteiger partial charge is 0.249 e. The van der Waals surface area contributed by atoms with Crippen LogP contribution in [0.3, 0.4) is 0 Å². The molecule has 1 aromatic heterocycles. The molecule has 0 atom stereocenters. The summed E-state index contributed by atoms with van der Waals surface area (Å²) in [5, 5.41) is 0. The highest BCUT2D eigenvalue weighted by atomic mass is 16.5. The molecule has 100 valence electrons. The number of rotatable bonds is 2. The van der Waals surface area contributed by atoms with Crippen molar-refractivity contribution in [2.75, 3.05) is 19.8 Å². The molecule has 19 heavy (non-hydrogen) atoms. The largest absolute Gasteiger partial charge is 0.370 e. The van der Waals surface area contributed by atoms with Gasteiger partial charge in [0.2, 0.25) is 5.91 Å². The van der Waals surface area contributed by atoms with Crippen molar-refractivity contribution in [3.05, 3.63) is 29.1 Å². The van der Waals surface area contributed by atoms with Gasteiger partial charge in [-0.05, 0) is 37.1 Å². The maximum absolute atomic E-state index is 11.7. The molecule has 1 fully saturated rings. The number of nitrogens with one attached hydrogen (secondary N) is 1. The van der Waals surface area contributed by atoms with E-state index >= 15 is 0 Å². The van der Waals surface area contributed by atoms with Gasteiger partial charge in [0.25, 0.3) is 0 Å². The monoisotopic (exact) mass is 259 g/mol. The Morgan fingerprint density at radius 2 is 2.16 bits per heavy atom. The van der Waals surface area contributed by atoms with Crippen LogP contribution in [0, 0.1) is 13.8 Å². The number of hydrogen-bond acceptors (Lipinski definition) is 3. The van der Waals surface area contributed by atoms with E-state index < -0.39 is 0 Å². The molecular weight excluding hydrogens is 242 g/mol. The van der Waals surface area contributed by atoms with Gasteiger partial charge in [0, 0.05) is 6.54 Å². The highest BCUT2D eigenvalue weighted by Crippen LogP contribution is 2.18. The van der Waals surface area contributed by atoms with Crippen LogP contribution >= 0.6 is 0 Å². The third kappa shape index (κ3) is 2.33. The molecule has 0 saturated carbocycles. The van der Waals surface area contributed by atoms with Gasteiger partial charge in [-0.15, -0.1) is 0 Å². The van der Waals surface area contributed by atoms with Gasteiger partial charge in [0.05, 0.1) is 24.2 Å². The second-order valence-electron chi connectivity index (χ2n) is 5.00. The summed E-state index contributed by atoms with van der Waals surface area (Å²) >= 11 is 0. The molecule has 0 unspecified atom stereocenters. The van der Waals surface area contributed by atoms with E-state index in [0.29, 0.717) is 19.7 Å². The number of fused-ring (bicyclic) bond motifs is 1. The fraction of sp³-hybridized carbons (Fsp3) is 0.429. The second kappa shape index (κ2) is 4.66. The van der Waals surface area contributed by atoms with Crippen LogP contribution < -0.4 is 0 Å². The SMILES string of the molecule is Cc1cc2nc(CN3CCOCC3=O)[nH]c2cc1C. The number of hydrogen-bond donors (Lipinski definition) is 1. The normalized spacial score (nSPS) is 16.3. The Labute approximate surface area is 111 Å². The molecule has 3 rings (SSSR count). The molecule has 0 aliphatic carbocycles. The molecule has 2 aromatic rings. The third-order valence-electron chi connectivity index (χ3n) is 3.57. The highest BCUT2D eigenvalue weighted by molar-refractivity contribution is 5.79. The van der Waals surface area contributed by atoms with E-state index in [0.717, 1.165) is 16.9 Å². The number of aryl methyl sites for hydroxylation is 2. The summed E-state index contributed by atoms with van der Waals surface area (Å²) in [5.41, 5.74) is 4.45. The third-order valence-corrected chi connectivity index (χ3v) is 3.57. The van der Waals surface area contributed by atoms with Crippen LogP contribution in [0.5, 0.6) is 0 Å². The molecule has 1 aromatic carbocycles. The average molecular weight is 259 g/mol. The fourth-order valence-corrected chi connectivity index (χ4v) is 2.30. The first-order chi connectivity index (χ1) is 9.13. The molecule has 0 bridgehead atoms. The Kier molecular flexibility index (Phi) is 2.98. The first kappa shape index (κ1) is 12.2. The zero-order valence-corrected chi connectivity index (χ0v) is 11.2. The molecule has 1 aliphatic rings. The fourth-order valence-electron chi connectivity index (χ4n) is 2.30. The van der Waals surface area contributed by atoms with E-state index in [9.17, 15) is 4.79 Å². The number of aromatic amines is 1. The Hall–Kier alpha value is -1.88. The molecule has 1 saturated heterocycles. The summed E-state index contributed by atoms with van der Waals surface area (Å²) < 4.78 is 5.12. The lowest BCUT2D eigenvalue weighted by molar-refractivity contribution is -0.143. The van der Waals surface area contributed by atoms with Gasteiger partial charge in [-0.1, -0.05) is 0 Å². The number of amides is 1. The Bertz CT molecular complexity index is 594. The van der Waals surface area contributed by atoms with Crippen LogP contribution in [0.15, 0.2) is 12.1 Å². The van der Waals surface area contributed by atoms with Crippen LogP contribution in [-0.4, -0.2) is 40.5 Å². The van der Waals surface area contributed by atoms with Crippen molar-refractivity contribution in [2.24, 2.45) is 0 Å². The number of H-pyrrole nitrogens is 1. The summed E-state index contributed by atoms with van der Waals surface area (Å²) in [5.74, 6) is 0.856.